The summed E-state index contributed by atoms with van der Waals surface area (Å²) in [6.45, 7) is 10.4. The lowest BCUT2D eigenvalue weighted by molar-refractivity contribution is -0.140. The minimum Gasteiger partial charge on any atom is -0.461 e. The number of carbonyl (C=O) groups excluding carboxylic acids is 1. The van der Waals surface area contributed by atoms with Gasteiger partial charge in [-0.1, -0.05) is 58.0 Å². The summed E-state index contributed by atoms with van der Waals surface area (Å²) in [5.74, 6) is 0.675. The van der Waals surface area contributed by atoms with E-state index in [1.165, 1.54) is 12.5 Å². The molecule has 0 atom stereocenters. The van der Waals surface area contributed by atoms with Crippen LogP contribution in [0.5, 0.6) is 0 Å². The van der Waals surface area contributed by atoms with Crippen LogP contribution in [0.1, 0.15) is 51.7 Å². The molecule has 1 rings (SSSR count). The van der Waals surface area contributed by atoms with Crippen molar-refractivity contribution in [3.8, 4) is 0 Å². The van der Waals surface area contributed by atoms with Crippen LogP contribution < -0.4 is 0 Å². The lowest BCUT2D eigenvalue weighted by Gasteiger charge is -2.12. The Hall–Kier alpha value is -1.57. The van der Waals surface area contributed by atoms with E-state index in [1.807, 2.05) is 0 Å². The van der Waals surface area contributed by atoms with E-state index in [1.54, 1.807) is 0 Å². The molecule has 0 fully saturated rings. The zero-order chi connectivity index (χ0) is 14.4. The summed E-state index contributed by atoms with van der Waals surface area (Å²) in [5.41, 5.74) is 3.62. The molecule has 19 heavy (non-hydrogen) atoms. The van der Waals surface area contributed by atoms with Gasteiger partial charge in [0.2, 0.25) is 0 Å². The monoisotopic (exact) mass is 260 g/mol. The molecule has 0 aliphatic rings. The molecule has 0 saturated carbocycles. The van der Waals surface area contributed by atoms with E-state index in [0.717, 1.165) is 11.1 Å². The van der Waals surface area contributed by atoms with Crippen molar-refractivity contribution in [2.45, 2.75) is 40.5 Å². The van der Waals surface area contributed by atoms with Crippen molar-refractivity contribution < 1.29 is 9.53 Å². The molecule has 0 unspecified atom stereocenters. The summed E-state index contributed by atoms with van der Waals surface area (Å²) in [6, 6.07) is 8.54. The number of ether oxygens (including phenoxy) is 1. The highest BCUT2D eigenvalue weighted by Crippen LogP contribution is 2.19. The van der Waals surface area contributed by atoms with Gasteiger partial charge in [0.25, 0.3) is 0 Å². The van der Waals surface area contributed by atoms with Crippen LogP contribution >= 0.6 is 0 Å². The second-order valence-corrected chi connectivity index (χ2v) is 5.48. The zero-order valence-electron chi connectivity index (χ0n) is 12.6. The van der Waals surface area contributed by atoms with Gasteiger partial charge in [-0.05, 0) is 28.5 Å². The van der Waals surface area contributed by atoms with Crippen LogP contribution in [0.25, 0.3) is 6.08 Å². The van der Waals surface area contributed by atoms with Gasteiger partial charge in [0.05, 0.1) is 0 Å². The Morgan fingerprint density at radius 1 is 1.16 bits per heavy atom. The van der Waals surface area contributed by atoms with Crippen molar-refractivity contribution in [3.05, 3.63) is 41.0 Å². The number of esters is 1. The summed E-state index contributed by atoms with van der Waals surface area (Å²) >= 11 is 0. The van der Waals surface area contributed by atoms with Gasteiger partial charge in [-0.2, -0.15) is 0 Å². The lowest BCUT2D eigenvalue weighted by atomic mass is 9.98. The fourth-order valence-electron chi connectivity index (χ4n) is 1.75. The molecule has 0 aliphatic carbocycles. The van der Waals surface area contributed by atoms with E-state index < -0.39 is 0 Å². The second kappa shape index (κ2) is 7.13. The topological polar surface area (TPSA) is 26.3 Å². The molecule has 0 spiro atoms. The standard InChI is InChI=1S/C17H24O2/c1-12(2)16-8-6-15(7-9-16)10-17(13(3)4)11-19-14(5)18/h6-10,12-13H,11H2,1-5H3. The van der Waals surface area contributed by atoms with Gasteiger partial charge < -0.3 is 4.74 Å². The molecule has 1 aromatic carbocycles. The van der Waals surface area contributed by atoms with Gasteiger partial charge in [0, 0.05) is 6.92 Å². The molecule has 0 amide bonds. The van der Waals surface area contributed by atoms with E-state index in [2.05, 4.69) is 58.0 Å². The Kier molecular flexibility index (Phi) is 5.81. The molecule has 0 aromatic heterocycles. The number of hydrogen-bond acceptors (Lipinski definition) is 2. The smallest absolute Gasteiger partial charge is 0.302 e. The van der Waals surface area contributed by atoms with Crippen LogP contribution in [0.2, 0.25) is 0 Å². The maximum atomic E-state index is 10.9. The van der Waals surface area contributed by atoms with Gasteiger partial charge in [-0.3, -0.25) is 4.79 Å². The summed E-state index contributed by atoms with van der Waals surface area (Å²) in [4.78, 5) is 10.9. The maximum Gasteiger partial charge on any atom is 0.302 e. The molecule has 2 heteroatoms. The van der Waals surface area contributed by atoms with Crippen LogP contribution in [-0.4, -0.2) is 12.6 Å². The Morgan fingerprint density at radius 3 is 2.16 bits per heavy atom. The predicted octanol–water partition coefficient (Wildman–Crippen LogP) is 4.41. The third-order valence-electron chi connectivity index (χ3n) is 3.14. The Bertz CT molecular complexity index is 439. The van der Waals surface area contributed by atoms with Crippen molar-refractivity contribution in [2.24, 2.45) is 5.92 Å². The quantitative estimate of drug-likeness (QED) is 0.733. The molecule has 0 heterocycles. The fraction of sp³-hybridized carbons (Fsp3) is 0.471. The molecule has 0 bridgehead atoms. The number of benzene rings is 1. The highest BCUT2D eigenvalue weighted by molar-refractivity contribution is 5.66. The third-order valence-corrected chi connectivity index (χ3v) is 3.14. The molecule has 104 valence electrons. The Morgan fingerprint density at radius 2 is 1.74 bits per heavy atom. The van der Waals surface area contributed by atoms with Crippen LogP contribution in [0.15, 0.2) is 29.8 Å². The van der Waals surface area contributed by atoms with Crippen molar-refractivity contribution in [3.63, 3.8) is 0 Å². The summed E-state index contributed by atoms with van der Waals surface area (Å²) in [6.07, 6.45) is 2.11. The Balaban J connectivity index is 2.85. The predicted molar refractivity (Wildman–Crippen MR) is 80.0 cm³/mol. The number of rotatable bonds is 5. The summed E-state index contributed by atoms with van der Waals surface area (Å²) in [7, 11) is 0. The summed E-state index contributed by atoms with van der Waals surface area (Å²) < 4.78 is 5.09. The van der Waals surface area contributed by atoms with E-state index in [4.69, 9.17) is 4.74 Å². The van der Waals surface area contributed by atoms with Crippen LogP contribution in [0.4, 0.5) is 0 Å². The van der Waals surface area contributed by atoms with Crippen LogP contribution in [0, 0.1) is 5.92 Å². The van der Waals surface area contributed by atoms with Gasteiger partial charge in [-0.25, -0.2) is 0 Å². The first-order valence-electron chi connectivity index (χ1n) is 6.84. The van der Waals surface area contributed by atoms with Gasteiger partial charge >= 0.3 is 5.97 Å². The molecule has 0 aliphatic heterocycles. The molecule has 0 N–H and O–H groups in total. The zero-order valence-corrected chi connectivity index (χ0v) is 12.6. The maximum absolute atomic E-state index is 10.9. The van der Waals surface area contributed by atoms with Gasteiger partial charge in [-0.15, -0.1) is 0 Å². The van der Waals surface area contributed by atoms with E-state index in [0.29, 0.717) is 18.4 Å². The first-order chi connectivity index (χ1) is 8.90. The normalized spacial score (nSPS) is 12.1. The van der Waals surface area contributed by atoms with E-state index in [9.17, 15) is 4.79 Å². The third kappa shape index (κ3) is 5.29. The molecule has 0 saturated heterocycles. The van der Waals surface area contributed by atoms with Gasteiger partial charge in [0.15, 0.2) is 0 Å². The molecule has 2 nitrogen and oxygen atoms in total. The van der Waals surface area contributed by atoms with E-state index in [-0.39, 0.29) is 5.97 Å². The number of hydrogen-bond donors (Lipinski definition) is 0. The Labute approximate surface area is 116 Å². The molecular formula is C17H24O2. The van der Waals surface area contributed by atoms with Crippen molar-refractivity contribution in [1.82, 2.24) is 0 Å². The SMILES string of the molecule is CC(=O)OCC(=Cc1ccc(C(C)C)cc1)C(C)C. The van der Waals surface area contributed by atoms with Crippen molar-refractivity contribution in [1.29, 1.82) is 0 Å². The summed E-state index contributed by atoms with van der Waals surface area (Å²) in [5, 5.41) is 0. The number of carbonyl (C=O) groups is 1. The largest absolute Gasteiger partial charge is 0.461 e. The average Bonchev–Trinajstić information content (AvgIpc) is 2.34. The first kappa shape index (κ1) is 15.5. The fourth-order valence-corrected chi connectivity index (χ4v) is 1.75. The second-order valence-electron chi connectivity index (χ2n) is 5.48. The lowest BCUT2D eigenvalue weighted by Crippen LogP contribution is -2.07. The van der Waals surface area contributed by atoms with E-state index >= 15 is 0 Å². The van der Waals surface area contributed by atoms with Crippen LogP contribution in [-0.2, 0) is 9.53 Å². The van der Waals surface area contributed by atoms with Crippen LogP contribution in [0.3, 0.4) is 0 Å². The highest BCUT2D eigenvalue weighted by atomic mass is 16.5. The van der Waals surface area contributed by atoms with Crippen molar-refractivity contribution in [2.75, 3.05) is 6.61 Å². The highest BCUT2D eigenvalue weighted by Gasteiger charge is 2.06. The minimum absolute atomic E-state index is 0.235. The van der Waals surface area contributed by atoms with Gasteiger partial charge in [0.1, 0.15) is 6.61 Å². The molecule has 1 aromatic rings. The average molecular weight is 260 g/mol. The molecular weight excluding hydrogens is 236 g/mol. The van der Waals surface area contributed by atoms with Crippen molar-refractivity contribution >= 4 is 12.0 Å². The minimum atomic E-state index is -0.235. The first-order valence-corrected chi connectivity index (χ1v) is 6.84. The molecule has 0 radical (unpaired) electrons.